The first-order valence-electron chi connectivity index (χ1n) is 7.29. The van der Waals surface area contributed by atoms with Crippen molar-refractivity contribution in [1.82, 2.24) is 4.90 Å². The zero-order chi connectivity index (χ0) is 14.3. The SMILES string of the molecule is CCC(CC)N(CCO)CCOCCOCCOC. The van der Waals surface area contributed by atoms with Gasteiger partial charge < -0.3 is 19.3 Å². The minimum atomic E-state index is 0.205. The van der Waals surface area contributed by atoms with E-state index in [1.54, 1.807) is 7.11 Å². The van der Waals surface area contributed by atoms with Gasteiger partial charge in [0.2, 0.25) is 0 Å². The van der Waals surface area contributed by atoms with Gasteiger partial charge in [0.15, 0.2) is 0 Å². The smallest absolute Gasteiger partial charge is 0.0701 e. The van der Waals surface area contributed by atoms with Crippen molar-refractivity contribution in [2.75, 3.05) is 59.8 Å². The average Bonchev–Trinajstić information content (AvgIpc) is 2.43. The van der Waals surface area contributed by atoms with Crippen LogP contribution in [0.5, 0.6) is 0 Å². The Balaban J connectivity index is 3.58. The number of hydrogen-bond acceptors (Lipinski definition) is 5. The van der Waals surface area contributed by atoms with Crippen molar-refractivity contribution in [3.63, 3.8) is 0 Å². The molecule has 1 N–H and O–H groups in total. The zero-order valence-corrected chi connectivity index (χ0v) is 12.8. The van der Waals surface area contributed by atoms with Crippen LogP contribution in [0.15, 0.2) is 0 Å². The summed E-state index contributed by atoms with van der Waals surface area (Å²) in [7, 11) is 1.66. The van der Waals surface area contributed by atoms with Crippen molar-refractivity contribution in [2.24, 2.45) is 0 Å². The lowest BCUT2D eigenvalue weighted by molar-refractivity contribution is 0.0145. The van der Waals surface area contributed by atoms with Gasteiger partial charge in [-0.2, -0.15) is 0 Å². The number of hydrogen-bond donors (Lipinski definition) is 1. The maximum atomic E-state index is 9.09. The van der Waals surface area contributed by atoms with Gasteiger partial charge in [0, 0.05) is 26.2 Å². The molecule has 0 aliphatic rings. The molecule has 0 amide bonds. The highest BCUT2D eigenvalue weighted by Gasteiger charge is 2.13. The molecule has 0 aromatic rings. The molecular formula is C14H31NO4. The van der Waals surface area contributed by atoms with Crippen molar-refractivity contribution >= 4 is 0 Å². The maximum absolute atomic E-state index is 9.09. The second kappa shape index (κ2) is 14.2. The first-order valence-corrected chi connectivity index (χ1v) is 7.29. The van der Waals surface area contributed by atoms with Gasteiger partial charge in [-0.15, -0.1) is 0 Å². The molecular weight excluding hydrogens is 246 g/mol. The second-order valence-corrected chi connectivity index (χ2v) is 4.45. The van der Waals surface area contributed by atoms with Crippen LogP contribution in [0.3, 0.4) is 0 Å². The lowest BCUT2D eigenvalue weighted by atomic mass is 10.1. The highest BCUT2D eigenvalue weighted by atomic mass is 16.5. The van der Waals surface area contributed by atoms with Crippen LogP contribution >= 0.6 is 0 Å². The number of aliphatic hydroxyl groups excluding tert-OH is 1. The van der Waals surface area contributed by atoms with E-state index in [0.717, 1.165) is 25.9 Å². The Morgan fingerprint density at radius 2 is 1.47 bits per heavy atom. The number of nitrogens with zero attached hydrogens (tertiary/aromatic N) is 1. The fourth-order valence-electron chi connectivity index (χ4n) is 2.06. The van der Waals surface area contributed by atoms with Crippen molar-refractivity contribution in [3.05, 3.63) is 0 Å². The summed E-state index contributed by atoms with van der Waals surface area (Å²) >= 11 is 0. The van der Waals surface area contributed by atoms with E-state index in [1.807, 2.05) is 0 Å². The fraction of sp³-hybridized carbons (Fsp3) is 1.00. The summed E-state index contributed by atoms with van der Waals surface area (Å²) in [5.41, 5.74) is 0. The molecule has 0 spiro atoms. The van der Waals surface area contributed by atoms with Crippen LogP contribution in [0.25, 0.3) is 0 Å². The van der Waals surface area contributed by atoms with E-state index < -0.39 is 0 Å². The topological polar surface area (TPSA) is 51.2 Å². The number of rotatable bonds is 14. The lowest BCUT2D eigenvalue weighted by Crippen LogP contribution is -2.39. The maximum Gasteiger partial charge on any atom is 0.0701 e. The number of ether oxygens (including phenoxy) is 3. The Kier molecular flexibility index (Phi) is 14.1. The molecule has 5 nitrogen and oxygen atoms in total. The van der Waals surface area contributed by atoms with Gasteiger partial charge in [0.05, 0.1) is 39.6 Å². The highest BCUT2D eigenvalue weighted by Crippen LogP contribution is 2.07. The van der Waals surface area contributed by atoms with Crippen LogP contribution in [0.2, 0.25) is 0 Å². The molecule has 0 radical (unpaired) electrons. The van der Waals surface area contributed by atoms with E-state index in [4.69, 9.17) is 19.3 Å². The fourth-order valence-corrected chi connectivity index (χ4v) is 2.06. The van der Waals surface area contributed by atoms with E-state index in [0.29, 0.717) is 39.1 Å². The molecule has 19 heavy (non-hydrogen) atoms. The van der Waals surface area contributed by atoms with Gasteiger partial charge in [0.1, 0.15) is 0 Å². The Labute approximate surface area is 117 Å². The Hall–Kier alpha value is -0.200. The lowest BCUT2D eigenvalue weighted by Gasteiger charge is -2.29. The summed E-state index contributed by atoms with van der Waals surface area (Å²) in [5, 5.41) is 9.09. The summed E-state index contributed by atoms with van der Waals surface area (Å²) in [6.45, 7) is 9.30. The molecule has 0 rings (SSSR count). The minimum absolute atomic E-state index is 0.205. The van der Waals surface area contributed by atoms with Gasteiger partial charge in [-0.05, 0) is 12.8 Å². The van der Waals surface area contributed by atoms with E-state index in [9.17, 15) is 0 Å². The van der Waals surface area contributed by atoms with Gasteiger partial charge >= 0.3 is 0 Å². The Bertz CT molecular complexity index is 177. The van der Waals surface area contributed by atoms with Crippen molar-refractivity contribution in [1.29, 1.82) is 0 Å². The zero-order valence-electron chi connectivity index (χ0n) is 12.8. The predicted molar refractivity (Wildman–Crippen MR) is 76.5 cm³/mol. The number of methoxy groups -OCH3 is 1. The first-order chi connectivity index (χ1) is 9.29. The molecule has 0 heterocycles. The molecule has 0 aliphatic heterocycles. The van der Waals surface area contributed by atoms with Crippen LogP contribution in [0.1, 0.15) is 26.7 Å². The monoisotopic (exact) mass is 277 g/mol. The average molecular weight is 277 g/mol. The molecule has 0 aliphatic carbocycles. The van der Waals surface area contributed by atoms with Crippen molar-refractivity contribution in [3.8, 4) is 0 Å². The van der Waals surface area contributed by atoms with Crippen LogP contribution in [-0.4, -0.2) is 75.9 Å². The summed E-state index contributed by atoms with van der Waals surface area (Å²) in [6, 6.07) is 0.536. The van der Waals surface area contributed by atoms with E-state index >= 15 is 0 Å². The quantitative estimate of drug-likeness (QED) is 0.483. The molecule has 0 saturated heterocycles. The normalized spacial score (nSPS) is 11.7. The largest absolute Gasteiger partial charge is 0.395 e. The second-order valence-electron chi connectivity index (χ2n) is 4.45. The van der Waals surface area contributed by atoms with Crippen LogP contribution in [0.4, 0.5) is 0 Å². The molecule has 0 fully saturated rings. The molecule has 0 bridgehead atoms. The van der Waals surface area contributed by atoms with Crippen molar-refractivity contribution in [2.45, 2.75) is 32.7 Å². The first kappa shape index (κ1) is 18.8. The van der Waals surface area contributed by atoms with Crippen LogP contribution < -0.4 is 0 Å². The van der Waals surface area contributed by atoms with Crippen molar-refractivity contribution < 1.29 is 19.3 Å². The molecule has 0 aromatic heterocycles. The summed E-state index contributed by atoms with van der Waals surface area (Å²) in [4.78, 5) is 2.30. The third kappa shape index (κ3) is 10.3. The summed E-state index contributed by atoms with van der Waals surface area (Å²) in [5.74, 6) is 0. The van der Waals surface area contributed by atoms with E-state index in [2.05, 4.69) is 18.7 Å². The molecule has 0 atom stereocenters. The third-order valence-electron chi connectivity index (χ3n) is 3.17. The highest BCUT2D eigenvalue weighted by molar-refractivity contribution is 4.68. The predicted octanol–water partition coefficient (Wildman–Crippen LogP) is 1.15. The molecule has 5 heteroatoms. The molecule has 0 saturated carbocycles. The van der Waals surface area contributed by atoms with Crippen LogP contribution in [0, 0.1) is 0 Å². The standard InChI is InChI=1S/C14H31NO4/c1-4-14(5-2)15(6-8-16)7-9-18-12-13-19-11-10-17-3/h14,16H,4-13H2,1-3H3. The number of aliphatic hydroxyl groups is 1. The molecule has 0 aromatic carbocycles. The van der Waals surface area contributed by atoms with E-state index in [1.165, 1.54) is 0 Å². The summed E-state index contributed by atoms with van der Waals surface area (Å²) in [6.07, 6.45) is 2.22. The summed E-state index contributed by atoms with van der Waals surface area (Å²) < 4.78 is 15.7. The Morgan fingerprint density at radius 1 is 0.895 bits per heavy atom. The van der Waals surface area contributed by atoms with Gasteiger partial charge in [-0.1, -0.05) is 13.8 Å². The Morgan fingerprint density at radius 3 is 2.00 bits per heavy atom. The molecule has 0 unspecified atom stereocenters. The van der Waals surface area contributed by atoms with E-state index in [-0.39, 0.29) is 6.61 Å². The van der Waals surface area contributed by atoms with Gasteiger partial charge in [-0.3, -0.25) is 4.90 Å². The van der Waals surface area contributed by atoms with Crippen LogP contribution in [-0.2, 0) is 14.2 Å². The molecule has 116 valence electrons. The van der Waals surface area contributed by atoms with Gasteiger partial charge in [-0.25, -0.2) is 0 Å². The third-order valence-corrected chi connectivity index (χ3v) is 3.17. The van der Waals surface area contributed by atoms with Gasteiger partial charge in [0.25, 0.3) is 0 Å². The minimum Gasteiger partial charge on any atom is -0.395 e.